The fourth-order valence-corrected chi connectivity index (χ4v) is 3.83. The van der Waals surface area contributed by atoms with E-state index in [-0.39, 0.29) is 34.7 Å². The minimum absolute atomic E-state index is 0.0282. The molecule has 10 nitrogen and oxygen atoms in total. The normalized spacial score (nSPS) is 12.1. The molecule has 0 saturated heterocycles. The van der Waals surface area contributed by atoms with E-state index in [9.17, 15) is 18.0 Å². The maximum atomic E-state index is 14.4. The molecule has 0 aliphatic rings. The number of fused-ring (bicyclic) bond motifs is 1. The van der Waals surface area contributed by atoms with E-state index in [1.807, 2.05) is 0 Å². The molecule has 36 heavy (non-hydrogen) atoms. The second-order valence-electron chi connectivity index (χ2n) is 8.03. The fourth-order valence-electron chi connectivity index (χ4n) is 3.63. The second kappa shape index (κ2) is 9.07. The van der Waals surface area contributed by atoms with Crippen LogP contribution < -0.4 is 11.2 Å². The molecular weight excluding hydrogens is 499 g/mol. The van der Waals surface area contributed by atoms with Crippen LogP contribution in [0.15, 0.2) is 46.6 Å². The van der Waals surface area contributed by atoms with Gasteiger partial charge in [-0.2, -0.15) is 15.3 Å². The van der Waals surface area contributed by atoms with Gasteiger partial charge < -0.3 is 0 Å². The molecule has 184 valence electrons. The SMILES string of the molecule is Cn1cnc(Cn2nc(Cc3cc(F)c(F)cc3F)/c(=N/c3cc4cn(C)nc4cc3Cl)[nH]c2=O)n1. The lowest BCUT2D eigenvalue weighted by molar-refractivity contribution is 0.490. The predicted octanol–water partition coefficient (Wildman–Crippen LogP) is 2.53. The Hall–Kier alpha value is -4.26. The lowest BCUT2D eigenvalue weighted by Crippen LogP contribution is -2.36. The molecule has 0 amide bonds. The zero-order valence-electron chi connectivity index (χ0n) is 18.9. The summed E-state index contributed by atoms with van der Waals surface area (Å²) in [6.07, 6.45) is 2.92. The summed E-state index contributed by atoms with van der Waals surface area (Å²) >= 11 is 6.39. The number of rotatable bonds is 5. The summed E-state index contributed by atoms with van der Waals surface area (Å²) in [6, 6.07) is 4.47. The highest BCUT2D eigenvalue weighted by atomic mass is 35.5. The summed E-state index contributed by atoms with van der Waals surface area (Å²) in [5.41, 5.74) is 0.171. The smallest absolute Gasteiger partial charge is 0.289 e. The van der Waals surface area contributed by atoms with Gasteiger partial charge in [0.2, 0.25) is 0 Å². The number of nitrogens with zero attached hydrogens (tertiary/aromatic N) is 8. The summed E-state index contributed by atoms with van der Waals surface area (Å²) in [4.78, 5) is 23.9. The summed E-state index contributed by atoms with van der Waals surface area (Å²) in [6.45, 7) is -0.0912. The molecule has 0 saturated carbocycles. The summed E-state index contributed by atoms with van der Waals surface area (Å²) in [5.74, 6) is -3.20. The monoisotopic (exact) mass is 515 g/mol. The topological polar surface area (TPSA) is 112 Å². The minimum atomic E-state index is -1.32. The van der Waals surface area contributed by atoms with Gasteiger partial charge in [-0.15, -0.1) is 0 Å². The average Bonchev–Trinajstić information content (AvgIpc) is 3.38. The lowest BCUT2D eigenvalue weighted by atomic mass is 10.1. The molecule has 14 heteroatoms. The molecule has 0 atom stereocenters. The summed E-state index contributed by atoms with van der Waals surface area (Å²) in [5, 5.41) is 13.7. The third-order valence-corrected chi connectivity index (χ3v) is 5.58. The van der Waals surface area contributed by atoms with E-state index in [1.54, 1.807) is 37.1 Å². The van der Waals surface area contributed by atoms with Crippen molar-refractivity contribution < 1.29 is 13.2 Å². The largest absolute Gasteiger partial charge is 0.343 e. The number of nitrogens with one attached hydrogen (secondary N) is 1. The number of aryl methyl sites for hydroxylation is 2. The van der Waals surface area contributed by atoms with E-state index in [2.05, 4.69) is 30.3 Å². The van der Waals surface area contributed by atoms with Gasteiger partial charge in [0.1, 0.15) is 24.4 Å². The van der Waals surface area contributed by atoms with Gasteiger partial charge in [0.05, 0.1) is 16.2 Å². The summed E-state index contributed by atoms with van der Waals surface area (Å²) < 4.78 is 45.9. The van der Waals surface area contributed by atoms with Crippen molar-refractivity contribution in [3.8, 4) is 0 Å². The maximum Gasteiger partial charge on any atom is 0.343 e. The minimum Gasteiger partial charge on any atom is -0.289 e. The highest BCUT2D eigenvalue weighted by molar-refractivity contribution is 6.33. The average molecular weight is 516 g/mol. The molecular formula is C22H17ClF3N9O. The van der Waals surface area contributed by atoms with Crippen LogP contribution in [0, 0.1) is 17.5 Å². The molecule has 0 aliphatic carbocycles. The molecule has 0 bridgehead atoms. The first-order valence-electron chi connectivity index (χ1n) is 10.5. The van der Waals surface area contributed by atoms with E-state index in [4.69, 9.17) is 11.6 Å². The number of aromatic nitrogens is 8. The Morgan fingerprint density at radius 2 is 1.78 bits per heavy atom. The van der Waals surface area contributed by atoms with E-state index in [0.29, 0.717) is 23.1 Å². The van der Waals surface area contributed by atoms with E-state index in [1.165, 1.54) is 11.0 Å². The van der Waals surface area contributed by atoms with E-state index in [0.717, 1.165) is 16.1 Å². The van der Waals surface area contributed by atoms with Gasteiger partial charge in [-0.25, -0.2) is 32.6 Å². The van der Waals surface area contributed by atoms with E-state index < -0.39 is 23.1 Å². The fraction of sp³-hybridized carbons (Fsp3) is 0.182. The van der Waals surface area contributed by atoms with Gasteiger partial charge in [0.15, 0.2) is 22.9 Å². The predicted molar refractivity (Wildman–Crippen MR) is 123 cm³/mol. The van der Waals surface area contributed by atoms with Gasteiger partial charge >= 0.3 is 5.69 Å². The van der Waals surface area contributed by atoms with Crippen LogP contribution in [0.25, 0.3) is 10.9 Å². The van der Waals surface area contributed by atoms with Crippen molar-refractivity contribution in [1.29, 1.82) is 0 Å². The van der Waals surface area contributed by atoms with Crippen molar-refractivity contribution >= 4 is 28.2 Å². The number of aromatic amines is 1. The standard InChI is InChI=1S/C22H17ClF3N9O/c1-33-8-12-5-18(13(23)6-17(12)30-33)28-21-19(4-11-3-15(25)16(26)7-14(11)24)31-35(22(36)29-21)9-20-27-10-34(2)32-20/h3,5-8,10H,4,9H2,1-2H3,(H,28,29,36). The zero-order valence-corrected chi connectivity index (χ0v) is 19.6. The van der Waals surface area contributed by atoms with Gasteiger partial charge in [-0.1, -0.05) is 11.6 Å². The Morgan fingerprint density at radius 3 is 2.53 bits per heavy atom. The highest BCUT2D eigenvalue weighted by Gasteiger charge is 2.15. The number of halogens is 4. The van der Waals surface area contributed by atoms with Crippen LogP contribution in [-0.4, -0.2) is 39.3 Å². The molecule has 3 aromatic heterocycles. The zero-order chi connectivity index (χ0) is 25.6. The Kier molecular flexibility index (Phi) is 5.92. The first kappa shape index (κ1) is 23.5. The van der Waals surface area contributed by atoms with Crippen molar-refractivity contribution in [2.45, 2.75) is 13.0 Å². The van der Waals surface area contributed by atoms with Gasteiger partial charge in [-0.05, 0) is 23.8 Å². The molecule has 0 aliphatic heterocycles. The van der Waals surface area contributed by atoms with Crippen molar-refractivity contribution in [2.75, 3.05) is 0 Å². The third kappa shape index (κ3) is 4.64. The van der Waals surface area contributed by atoms with Crippen LogP contribution >= 0.6 is 11.6 Å². The Morgan fingerprint density at radius 1 is 1.00 bits per heavy atom. The van der Waals surface area contributed by atoms with Crippen molar-refractivity contribution in [2.24, 2.45) is 19.1 Å². The van der Waals surface area contributed by atoms with Crippen LogP contribution in [0.4, 0.5) is 18.9 Å². The van der Waals surface area contributed by atoms with Crippen molar-refractivity contribution in [1.82, 2.24) is 39.3 Å². The van der Waals surface area contributed by atoms with Crippen molar-refractivity contribution in [3.05, 3.63) is 92.3 Å². The molecule has 0 unspecified atom stereocenters. The van der Waals surface area contributed by atoms with Gasteiger partial charge in [0.25, 0.3) is 0 Å². The molecule has 0 fully saturated rings. The van der Waals surface area contributed by atoms with Crippen LogP contribution in [0.1, 0.15) is 17.1 Å². The van der Waals surface area contributed by atoms with Crippen LogP contribution in [0.5, 0.6) is 0 Å². The highest BCUT2D eigenvalue weighted by Crippen LogP contribution is 2.29. The molecule has 0 radical (unpaired) electrons. The number of hydrogen-bond donors (Lipinski definition) is 1. The maximum absolute atomic E-state index is 14.4. The van der Waals surface area contributed by atoms with Crippen LogP contribution in [-0.2, 0) is 27.1 Å². The molecule has 5 rings (SSSR count). The number of hydrogen-bond acceptors (Lipinski definition) is 6. The quantitative estimate of drug-likeness (QED) is 0.362. The molecule has 0 spiro atoms. The number of H-pyrrole nitrogens is 1. The Bertz CT molecular complexity index is 1750. The summed E-state index contributed by atoms with van der Waals surface area (Å²) in [7, 11) is 3.42. The van der Waals surface area contributed by atoms with E-state index >= 15 is 0 Å². The first-order valence-corrected chi connectivity index (χ1v) is 10.9. The lowest BCUT2D eigenvalue weighted by Gasteiger charge is -2.08. The third-order valence-electron chi connectivity index (χ3n) is 5.28. The molecule has 2 aromatic carbocycles. The van der Waals surface area contributed by atoms with Crippen LogP contribution in [0.3, 0.4) is 0 Å². The molecule has 3 heterocycles. The number of benzene rings is 2. The Balaban J connectivity index is 1.67. The second-order valence-corrected chi connectivity index (χ2v) is 8.44. The Labute approximate surface area is 205 Å². The van der Waals surface area contributed by atoms with Crippen molar-refractivity contribution in [3.63, 3.8) is 0 Å². The van der Waals surface area contributed by atoms with Gasteiger partial charge in [0, 0.05) is 38.2 Å². The van der Waals surface area contributed by atoms with Crippen LogP contribution in [0.2, 0.25) is 5.02 Å². The molecule has 5 aromatic rings. The first-order chi connectivity index (χ1) is 17.2. The van der Waals surface area contributed by atoms with Gasteiger partial charge in [-0.3, -0.25) is 14.3 Å². The molecule has 1 N–H and O–H groups in total.